The lowest BCUT2D eigenvalue weighted by atomic mass is 9.93. The molecule has 0 aliphatic carbocycles. The number of nitrogens with one attached hydrogen (secondary N) is 1. The summed E-state index contributed by atoms with van der Waals surface area (Å²) in [6.45, 7) is 6.55. The summed E-state index contributed by atoms with van der Waals surface area (Å²) in [7, 11) is 0. The van der Waals surface area contributed by atoms with E-state index in [1.165, 1.54) is 11.1 Å². The highest BCUT2D eigenvalue weighted by Gasteiger charge is 2.18. The lowest BCUT2D eigenvalue weighted by Crippen LogP contribution is -2.37. The summed E-state index contributed by atoms with van der Waals surface area (Å²) in [5.74, 6) is 0. The zero-order chi connectivity index (χ0) is 15.1. The summed E-state index contributed by atoms with van der Waals surface area (Å²) in [5, 5.41) is 12.6. The molecule has 1 heterocycles. The van der Waals surface area contributed by atoms with Crippen LogP contribution in [-0.4, -0.2) is 27.8 Å². The van der Waals surface area contributed by atoms with Crippen molar-refractivity contribution in [2.45, 2.75) is 38.8 Å². The molecule has 0 saturated heterocycles. The lowest BCUT2D eigenvalue weighted by Gasteiger charge is -2.27. The van der Waals surface area contributed by atoms with Crippen LogP contribution in [0.1, 0.15) is 31.4 Å². The van der Waals surface area contributed by atoms with E-state index in [1.54, 1.807) is 0 Å². The fraction of sp³-hybridized carbons (Fsp3) is 0.471. The van der Waals surface area contributed by atoms with Gasteiger partial charge in [-0.15, -0.1) is 0 Å². The topological polar surface area (TPSA) is 50.1 Å². The summed E-state index contributed by atoms with van der Waals surface area (Å²) in [4.78, 5) is 4.05. The minimum Gasteiger partial charge on any atom is -0.396 e. The van der Waals surface area contributed by atoms with Gasteiger partial charge in [0.1, 0.15) is 0 Å². The molecular formula is C17H25N3O. The fourth-order valence-corrected chi connectivity index (χ4v) is 2.40. The predicted octanol–water partition coefficient (Wildman–Crippen LogP) is 2.33. The van der Waals surface area contributed by atoms with E-state index in [0.29, 0.717) is 0 Å². The first-order valence-electron chi connectivity index (χ1n) is 7.53. The van der Waals surface area contributed by atoms with E-state index >= 15 is 0 Å². The number of hydrogen-bond donors (Lipinski definition) is 2. The Morgan fingerprint density at radius 3 is 2.62 bits per heavy atom. The van der Waals surface area contributed by atoms with Crippen LogP contribution in [0.3, 0.4) is 0 Å². The van der Waals surface area contributed by atoms with Gasteiger partial charge in [-0.2, -0.15) is 0 Å². The van der Waals surface area contributed by atoms with Gasteiger partial charge < -0.3 is 15.0 Å². The lowest BCUT2D eigenvalue weighted by molar-refractivity contribution is 0.299. The number of hydrogen-bond acceptors (Lipinski definition) is 3. The van der Waals surface area contributed by atoms with Gasteiger partial charge in [-0.25, -0.2) is 4.98 Å². The molecule has 4 heteroatoms. The quantitative estimate of drug-likeness (QED) is 0.733. The van der Waals surface area contributed by atoms with E-state index in [4.69, 9.17) is 5.11 Å². The number of aryl methyl sites for hydroxylation is 1. The fourth-order valence-electron chi connectivity index (χ4n) is 2.40. The van der Waals surface area contributed by atoms with Gasteiger partial charge in [0.25, 0.3) is 0 Å². The number of nitrogens with zero attached hydrogens (tertiary/aromatic N) is 2. The van der Waals surface area contributed by atoms with Crippen molar-refractivity contribution in [3.05, 3.63) is 54.1 Å². The van der Waals surface area contributed by atoms with Crippen LogP contribution < -0.4 is 5.32 Å². The maximum atomic E-state index is 8.95. The third-order valence-electron chi connectivity index (χ3n) is 3.80. The molecule has 0 aliphatic rings. The van der Waals surface area contributed by atoms with Crippen molar-refractivity contribution >= 4 is 0 Å². The highest BCUT2D eigenvalue weighted by Crippen LogP contribution is 2.20. The van der Waals surface area contributed by atoms with Crippen molar-refractivity contribution in [2.24, 2.45) is 0 Å². The molecule has 0 amide bonds. The van der Waals surface area contributed by atoms with Crippen molar-refractivity contribution in [3.63, 3.8) is 0 Å². The van der Waals surface area contributed by atoms with Crippen molar-refractivity contribution in [3.8, 4) is 0 Å². The maximum absolute atomic E-state index is 8.95. The van der Waals surface area contributed by atoms with Crippen LogP contribution in [0.2, 0.25) is 0 Å². The van der Waals surface area contributed by atoms with E-state index < -0.39 is 0 Å². The van der Waals surface area contributed by atoms with Gasteiger partial charge in [0, 0.05) is 31.1 Å². The van der Waals surface area contributed by atoms with Gasteiger partial charge in [-0.05, 0) is 44.4 Å². The standard InChI is InChI=1S/C17H25N3O/c1-17(2,16-6-4-15(5-7-16)8-13-21)19-9-3-11-20-12-10-18-14-20/h4-7,10,12,14,19,21H,3,8-9,11,13H2,1-2H3. The molecule has 0 bridgehead atoms. The third kappa shape index (κ3) is 4.69. The molecule has 0 aliphatic heterocycles. The Balaban J connectivity index is 1.82. The second-order valence-electron chi connectivity index (χ2n) is 5.88. The van der Waals surface area contributed by atoms with Crippen LogP contribution in [0.15, 0.2) is 43.0 Å². The van der Waals surface area contributed by atoms with Gasteiger partial charge in [-0.1, -0.05) is 24.3 Å². The first kappa shape index (κ1) is 15.7. The molecule has 21 heavy (non-hydrogen) atoms. The monoisotopic (exact) mass is 287 g/mol. The number of aliphatic hydroxyl groups excluding tert-OH is 1. The first-order chi connectivity index (χ1) is 10.1. The van der Waals surface area contributed by atoms with Gasteiger partial charge in [-0.3, -0.25) is 0 Å². The molecule has 0 spiro atoms. The summed E-state index contributed by atoms with van der Waals surface area (Å²) < 4.78 is 2.10. The number of aromatic nitrogens is 2. The van der Waals surface area contributed by atoms with Gasteiger partial charge in [0.05, 0.1) is 6.33 Å². The summed E-state index contributed by atoms with van der Waals surface area (Å²) in [6, 6.07) is 8.49. The van der Waals surface area contributed by atoms with Crippen LogP contribution in [0, 0.1) is 0 Å². The van der Waals surface area contributed by atoms with Gasteiger partial charge >= 0.3 is 0 Å². The molecule has 0 unspecified atom stereocenters. The zero-order valence-corrected chi connectivity index (χ0v) is 12.9. The van der Waals surface area contributed by atoms with E-state index in [0.717, 1.165) is 25.9 Å². The molecule has 0 fully saturated rings. The minimum absolute atomic E-state index is 0.0489. The first-order valence-corrected chi connectivity index (χ1v) is 7.53. The third-order valence-corrected chi connectivity index (χ3v) is 3.80. The van der Waals surface area contributed by atoms with Crippen LogP contribution in [0.25, 0.3) is 0 Å². The Hall–Kier alpha value is -1.65. The van der Waals surface area contributed by atoms with Crippen molar-refractivity contribution in [1.82, 2.24) is 14.9 Å². The Labute approximate surface area is 126 Å². The molecule has 0 saturated carbocycles. The molecule has 0 atom stereocenters. The SMILES string of the molecule is CC(C)(NCCCn1ccnc1)c1ccc(CCO)cc1. The molecule has 1 aromatic heterocycles. The van der Waals surface area contributed by atoms with Crippen LogP contribution in [0.5, 0.6) is 0 Å². The highest BCUT2D eigenvalue weighted by molar-refractivity contribution is 5.27. The van der Waals surface area contributed by atoms with E-state index in [-0.39, 0.29) is 12.1 Å². The smallest absolute Gasteiger partial charge is 0.0945 e. The largest absolute Gasteiger partial charge is 0.396 e. The van der Waals surface area contributed by atoms with Gasteiger partial charge in [0.15, 0.2) is 0 Å². The van der Waals surface area contributed by atoms with E-state index in [2.05, 4.69) is 53.0 Å². The van der Waals surface area contributed by atoms with Crippen molar-refractivity contribution in [2.75, 3.05) is 13.2 Å². The van der Waals surface area contributed by atoms with Crippen LogP contribution >= 0.6 is 0 Å². The minimum atomic E-state index is -0.0489. The average molecular weight is 287 g/mol. The normalized spacial score (nSPS) is 11.8. The molecule has 4 nitrogen and oxygen atoms in total. The van der Waals surface area contributed by atoms with E-state index in [1.807, 2.05) is 18.7 Å². The molecule has 2 N–H and O–H groups in total. The molecule has 1 aromatic carbocycles. The average Bonchev–Trinajstić information content (AvgIpc) is 2.98. The number of rotatable bonds is 8. The zero-order valence-electron chi connectivity index (χ0n) is 12.9. The van der Waals surface area contributed by atoms with Crippen LogP contribution in [-0.2, 0) is 18.5 Å². The summed E-state index contributed by atoms with van der Waals surface area (Å²) in [6.07, 6.45) is 7.45. The summed E-state index contributed by atoms with van der Waals surface area (Å²) >= 11 is 0. The molecule has 2 aromatic rings. The number of imidazole rings is 1. The molecule has 0 radical (unpaired) electrons. The Kier molecular flexibility index (Phi) is 5.53. The molecular weight excluding hydrogens is 262 g/mol. The number of benzene rings is 1. The number of aliphatic hydroxyl groups is 1. The van der Waals surface area contributed by atoms with Crippen molar-refractivity contribution in [1.29, 1.82) is 0 Å². The highest BCUT2D eigenvalue weighted by atomic mass is 16.2. The molecule has 114 valence electrons. The Morgan fingerprint density at radius 2 is 2.00 bits per heavy atom. The Bertz CT molecular complexity index is 517. The second-order valence-corrected chi connectivity index (χ2v) is 5.88. The maximum Gasteiger partial charge on any atom is 0.0945 e. The molecule has 2 rings (SSSR count). The van der Waals surface area contributed by atoms with Gasteiger partial charge in [0.2, 0.25) is 0 Å². The summed E-state index contributed by atoms with van der Waals surface area (Å²) in [5.41, 5.74) is 2.40. The second kappa shape index (κ2) is 7.38. The Morgan fingerprint density at radius 1 is 1.24 bits per heavy atom. The van der Waals surface area contributed by atoms with E-state index in [9.17, 15) is 0 Å². The van der Waals surface area contributed by atoms with Crippen molar-refractivity contribution < 1.29 is 5.11 Å². The van der Waals surface area contributed by atoms with Crippen LogP contribution in [0.4, 0.5) is 0 Å². The predicted molar refractivity (Wildman–Crippen MR) is 85.1 cm³/mol.